The van der Waals surface area contributed by atoms with Gasteiger partial charge in [0.1, 0.15) is 6.17 Å². The summed E-state index contributed by atoms with van der Waals surface area (Å²) in [4.78, 5) is 3.60. The number of dihydropyridines is 1. The van der Waals surface area contributed by atoms with Gasteiger partial charge in [0.15, 0.2) is 5.54 Å². The van der Waals surface area contributed by atoms with Gasteiger partial charge in [-0.2, -0.15) is 13.2 Å². The Balaban J connectivity index is 3.00. The van der Waals surface area contributed by atoms with Crippen molar-refractivity contribution in [1.29, 1.82) is 0 Å². The van der Waals surface area contributed by atoms with E-state index < -0.39 is 17.9 Å². The first-order valence-corrected chi connectivity index (χ1v) is 3.65. The molecule has 1 aliphatic heterocycles. The van der Waals surface area contributed by atoms with Crippen molar-refractivity contribution in [3.8, 4) is 0 Å². The number of hydrogen-bond acceptors (Lipinski definition) is 3. The van der Waals surface area contributed by atoms with Gasteiger partial charge < -0.3 is 5.73 Å². The Morgan fingerprint density at radius 2 is 2.15 bits per heavy atom. The van der Waals surface area contributed by atoms with Crippen molar-refractivity contribution in [3.05, 3.63) is 12.2 Å². The average Bonchev–Trinajstić information content (AvgIpc) is 2.03. The highest BCUT2D eigenvalue weighted by atomic mass is 19.4. The molecule has 1 aliphatic rings. The Hall–Kier alpha value is -0.880. The summed E-state index contributed by atoms with van der Waals surface area (Å²) in [6, 6.07) is 0. The van der Waals surface area contributed by atoms with Crippen molar-refractivity contribution in [2.75, 3.05) is 7.05 Å². The van der Waals surface area contributed by atoms with Crippen LogP contribution in [0.2, 0.25) is 0 Å². The number of alkyl halides is 3. The van der Waals surface area contributed by atoms with E-state index in [1.54, 1.807) is 0 Å². The smallest absolute Gasteiger partial charge is 0.311 e. The molecule has 3 nitrogen and oxygen atoms in total. The topological polar surface area (TPSA) is 50.4 Å². The summed E-state index contributed by atoms with van der Waals surface area (Å²) < 4.78 is 37.4. The lowest BCUT2D eigenvalue weighted by Crippen LogP contribution is -2.64. The molecule has 0 aromatic carbocycles. The first kappa shape index (κ1) is 10.2. The normalized spacial score (nSPS) is 33.8. The maximum atomic E-state index is 12.5. The molecule has 0 aromatic rings. The highest BCUT2D eigenvalue weighted by Crippen LogP contribution is 2.33. The SMILES string of the molecule is CNC1N=CC=CC1(N)C(F)(F)F. The molecule has 6 heteroatoms. The van der Waals surface area contributed by atoms with Crippen molar-refractivity contribution in [2.24, 2.45) is 10.7 Å². The quantitative estimate of drug-likeness (QED) is 0.634. The molecule has 0 radical (unpaired) electrons. The van der Waals surface area contributed by atoms with Gasteiger partial charge in [-0.05, 0) is 13.1 Å². The van der Waals surface area contributed by atoms with Gasteiger partial charge in [-0.3, -0.25) is 10.3 Å². The maximum Gasteiger partial charge on any atom is 0.413 e. The molecule has 0 spiro atoms. The van der Waals surface area contributed by atoms with Crippen LogP contribution in [-0.4, -0.2) is 31.1 Å². The lowest BCUT2D eigenvalue weighted by Gasteiger charge is -2.35. The molecule has 0 bridgehead atoms. The van der Waals surface area contributed by atoms with E-state index in [2.05, 4.69) is 10.3 Å². The van der Waals surface area contributed by atoms with Crippen LogP contribution in [0.5, 0.6) is 0 Å². The molecule has 1 rings (SSSR count). The molecule has 2 unspecified atom stereocenters. The highest BCUT2D eigenvalue weighted by molar-refractivity contribution is 5.73. The van der Waals surface area contributed by atoms with E-state index in [9.17, 15) is 13.2 Å². The van der Waals surface area contributed by atoms with Gasteiger partial charge in [-0.1, -0.05) is 6.08 Å². The molecule has 0 saturated heterocycles. The van der Waals surface area contributed by atoms with Crippen LogP contribution >= 0.6 is 0 Å². The fraction of sp³-hybridized carbons (Fsp3) is 0.571. The second-order valence-electron chi connectivity index (χ2n) is 2.78. The lowest BCUT2D eigenvalue weighted by molar-refractivity contribution is -0.178. The van der Waals surface area contributed by atoms with Crippen molar-refractivity contribution in [3.63, 3.8) is 0 Å². The molecule has 0 fully saturated rings. The summed E-state index contributed by atoms with van der Waals surface area (Å²) in [5.74, 6) is 0. The lowest BCUT2D eigenvalue weighted by atomic mass is 9.94. The minimum atomic E-state index is -4.51. The van der Waals surface area contributed by atoms with Crippen LogP contribution in [0.3, 0.4) is 0 Å². The minimum Gasteiger partial charge on any atom is -0.311 e. The molecule has 0 amide bonds. The fourth-order valence-electron chi connectivity index (χ4n) is 1.12. The minimum absolute atomic E-state index is 0.904. The van der Waals surface area contributed by atoms with E-state index in [4.69, 9.17) is 5.73 Å². The van der Waals surface area contributed by atoms with Crippen molar-refractivity contribution >= 4 is 6.21 Å². The number of allylic oxidation sites excluding steroid dienone is 1. The highest BCUT2D eigenvalue weighted by Gasteiger charge is 2.55. The van der Waals surface area contributed by atoms with Crippen LogP contribution in [0.25, 0.3) is 0 Å². The van der Waals surface area contributed by atoms with Crippen LogP contribution in [0.15, 0.2) is 17.1 Å². The molecule has 0 aromatic heterocycles. The van der Waals surface area contributed by atoms with E-state index in [-0.39, 0.29) is 0 Å². The molecule has 0 aliphatic carbocycles. The Morgan fingerprint density at radius 3 is 2.54 bits per heavy atom. The second kappa shape index (κ2) is 3.12. The second-order valence-corrected chi connectivity index (χ2v) is 2.78. The molecule has 3 N–H and O–H groups in total. The predicted octanol–water partition coefficient (Wildman–Crippen LogP) is 0.432. The third kappa shape index (κ3) is 1.59. The molecule has 2 atom stereocenters. The van der Waals surface area contributed by atoms with Gasteiger partial charge in [0.25, 0.3) is 0 Å². The van der Waals surface area contributed by atoms with Crippen LogP contribution in [0.4, 0.5) is 13.2 Å². The molecule has 74 valence electrons. The predicted molar refractivity (Wildman–Crippen MR) is 43.5 cm³/mol. The van der Waals surface area contributed by atoms with Gasteiger partial charge in [0.2, 0.25) is 0 Å². The third-order valence-corrected chi connectivity index (χ3v) is 1.91. The summed E-state index contributed by atoms with van der Waals surface area (Å²) in [7, 11) is 1.38. The van der Waals surface area contributed by atoms with Crippen LogP contribution in [0.1, 0.15) is 0 Å². The number of halogens is 3. The monoisotopic (exact) mass is 193 g/mol. The summed E-state index contributed by atoms with van der Waals surface area (Å²) in [6.45, 7) is 0. The standard InChI is InChI=1S/C7H10F3N3/c1-12-5-6(11,7(8,9)10)3-2-4-13-5/h2-5,12H,11H2,1H3. The van der Waals surface area contributed by atoms with E-state index >= 15 is 0 Å². The van der Waals surface area contributed by atoms with E-state index in [0.29, 0.717) is 0 Å². The van der Waals surface area contributed by atoms with Crippen LogP contribution in [-0.2, 0) is 0 Å². The molecule has 1 heterocycles. The first-order chi connectivity index (χ1) is 5.92. The van der Waals surface area contributed by atoms with Gasteiger partial charge in [-0.15, -0.1) is 0 Å². The zero-order valence-electron chi connectivity index (χ0n) is 6.97. The van der Waals surface area contributed by atoms with Gasteiger partial charge in [-0.25, -0.2) is 0 Å². The molecule has 13 heavy (non-hydrogen) atoms. The number of hydrogen-bond donors (Lipinski definition) is 2. The average molecular weight is 193 g/mol. The zero-order chi connectivity index (χ0) is 10.1. The molecular formula is C7H10F3N3. The van der Waals surface area contributed by atoms with E-state index in [1.807, 2.05) is 0 Å². The number of rotatable bonds is 1. The van der Waals surface area contributed by atoms with Gasteiger partial charge in [0.05, 0.1) is 0 Å². The first-order valence-electron chi connectivity index (χ1n) is 3.65. The van der Waals surface area contributed by atoms with Gasteiger partial charge >= 0.3 is 6.18 Å². The van der Waals surface area contributed by atoms with E-state index in [1.165, 1.54) is 19.3 Å². The van der Waals surface area contributed by atoms with Crippen LogP contribution < -0.4 is 11.1 Å². The van der Waals surface area contributed by atoms with E-state index in [0.717, 1.165) is 6.08 Å². The largest absolute Gasteiger partial charge is 0.413 e. The summed E-state index contributed by atoms with van der Waals surface area (Å²) in [6.07, 6.45) is -2.27. The summed E-state index contributed by atoms with van der Waals surface area (Å²) >= 11 is 0. The van der Waals surface area contributed by atoms with Crippen molar-refractivity contribution in [2.45, 2.75) is 17.9 Å². The zero-order valence-corrected chi connectivity index (χ0v) is 6.97. The number of nitrogens with two attached hydrogens (primary N) is 1. The number of nitrogens with zero attached hydrogens (tertiary/aromatic N) is 1. The summed E-state index contributed by atoms with van der Waals surface area (Å²) in [5, 5.41) is 2.41. The number of likely N-dealkylation sites (N-methyl/N-ethyl adjacent to an activating group) is 1. The van der Waals surface area contributed by atoms with Crippen molar-refractivity contribution in [1.82, 2.24) is 5.32 Å². The Morgan fingerprint density at radius 1 is 1.54 bits per heavy atom. The number of aliphatic imine (C=N–C) groups is 1. The van der Waals surface area contributed by atoms with Crippen molar-refractivity contribution < 1.29 is 13.2 Å². The molecule has 0 saturated carbocycles. The Labute approximate surface area is 73.5 Å². The van der Waals surface area contributed by atoms with Crippen LogP contribution in [0, 0.1) is 0 Å². The van der Waals surface area contributed by atoms with Gasteiger partial charge in [0, 0.05) is 6.21 Å². The Bertz CT molecular complexity index is 246. The maximum absolute atomic E-state index is 12.5. The Kier molecular flexibility index (Phi) is 2.44. The fourth-order valence-corrected chi connectivity index (χ4v) is 1.12. The third-order valence-electron chi connectivity index (χ3n) is 1.91. The number of nitrogens with one attached hydrogen (secondary N) is 1. The summed E-state index contributed by atoms with van der Waals surface area (Å²) in [5.41, 5.74) is 2.80. The molecular weight excluding hydrogens is 183 g/mol.